The van der Waals surface area contributed by atoms with Crippen LogP contribution in [0.1, 0.15) is 16.8 Å². The van der Waals surface area contributed by atoms with Crippen molar-refractivity contribution in [1.82, 2.24) is 14.5 Å². The smallest absolute Gasteiger partial charge is 0.261 e. The number of nitrogens with zero attached hydrogens (tertiary/aromatic N) is 3. The number of sulfone groups is 1. The zero-order chi connectivity index (χ0) is 22.7. The first-order valence-corrected chi connectivity index (χ1v) is 11.9. The van der Waals surface area contributed by atoms with Crippen LogP contribution in [-0.4, -0.2) is 29.2 Å². The normalized spacial score (nSPS) is 11.2. The maximum absolute atomic E-state index is 13.0. The van der Waals surface area contributed by atoms with Gasteiger partial charge in [0.05, 0.1) is 34.9 Å². The van der Waals surface area contributed by atoms with E-state index in [0.717, 1.165) is 17.4 Å². The predicted molar refractivity (Wildman–Crippen MR) is 124 cm³/mol. The Hall–Kier alpha value is -3.47. The molecule has 2 heterocycles. The molecule has 0 unspecified atom stereocenters. The molecular weight excluding hydrogens is 446 g/mol. The highest BCUT2D eigenvalue weighted by atomic mass is 35.5. The van der Waals surface area contributed by atoms with Crippen LogP contribution < -0.4 is 5.56 Å². The number of benzene rings is 2. The van der Waals surface area contributed by atoms with Gasteiger partial charge in [0.25, 0.3) is 5.56 Å². The van der Waals surface area contributed by atoms with E-state index in [-0.39, 0.29) is 17.0 Å². The molecule has 32 heavy (non-hydrogen) atoms. The third-order valence-corrected chi connectivity index (χ3v) is 6.18. The predicted octanol–water partition coefficient (Wildman–Crippen LogP) is 3.49. The molecule has 2 aromatic heterocycles. The highest BCUT2D eigenvalue weighted by Gasteiger charge is 2.09. The van der Waals surface area contributed by atoms with E-state index in [1.807, 2.05) is 24.3 Å². The number of aromatic nitrogens is 3. The summed E-state index contributed by atoms with van der Waals surface area (Å²) in [5.74, 6) is 6.04. The molecule has 0 atom stereocenters. The van der Waals surface area contributed by atoms with Crippen LogP contribution in [0.3, 0.4) is 0 Å². The molecule has 0 aliphatic rings. The number of fused-ring (bicyclic) bond motifs is 1. The second kappa shape index (κ2) is 8.95. The summed E-state index contributed by atoms with van der Waals surface area (Å²) >= 11 is 5.99. The lowest BCUT2D eigenvalue weighted by atomic mass is 10.1. The topological polar surface area (TPSA) is 81.9 Å². The van der Waals surface area contributed by atoms with E-state index < -0.39 is 9.84 Å². The average molecular weight is 464 g/mol. The van der Waals surface area contributed by atoms with Crippen LogP contribution in [0, 0.1) is 11.8 Å². The van der Waals surface area contributed by atoms with Gasteiger partial charge in [-0.1, -0.05) is 41.8 Å². The molecule has 8 heteroatoms. The van der Waals surface area contributed by atoms with Crippen LogP contribution in [0.4, 0.5) is 0 Å². The van der Waals surface area contributed by atoms with Crippen molar-refractivity contribution in [3.63, 3.8) is 0 Å². The van der Waals surface area contributed by atoms with Crippen molar-refractivity contribution in [1.29, 1.82) is 0 Å². The van der Waals surface area contributed by atoms with Crippen molar-refractivity contribution < 1.29 is 8.42 Å². The summed E-state index contributed by atoms with van der Waals surface area (Å²) in [4.78, 5) is 21.8. The van der Waals surface area contributed by atoms with E-state index in [9.17, 15) is 13.2 Å². The quantitative estimate of drug-likeness (QED) is 0.433. The van der Waals surface area contributed by atoms with Gasteiger partial charge < -0.3 is 0 Å². The van der Waals surface area contributed by atoms with Gasteiger partial charge in [-0.2, -0.15) is 0 Å². The standard InChI is InChI=1S/C24H18ClN3O3S/c1-32(30,31)21-10-8-18(9-11-21)15-28-16-27-23-14-26-20(13-22(23)24(28)29)7-3-5-17-4-2-6-19(25)12-17/h2,4,6,8-14,16H,5,15H2,1H3. The summed E-state index contributed by atoms with van der Waals surface area (Å²) in [5, 5.41) is 1.08. The van der Waals surface area contributed by atoms with Crippen molar-refractivity contribution >= 4 is 32.3 Å². The Morgan fingerprint density at radius 1 is 1.03 bits per heavy atom. The van der Waals surface area contributed by atoms with Crippen molar-refractivity contribution in [2.24, 2.45) is 0 Å². The first kappa shape index (κ1) is 21.8. The van der Waals surface area contributed by atoms with Crippen LogP contribution in [0.15, 0.2) is 76.8 Å². The molecular formula is C24H18ClN3O3S. The van der Waals surface area contributed by atoms with E-state index in [1.54, 1.807) is 18.2 Å². The Kier molecular flexibility index (Phi) is 6.08. The highest BCUT2D eigenvalue weighted by Crippen LogP contribution is 2.13. The van der Waals surface area contributed by atoms with Gasteiger partial charge in [-0.15, -0.1) is 0 Å². The molecule has 4 rings (SSSR count). The molecule has 0 bridgehead atoms. The Labute approximate surface area is 190 Å². The fourth-order valence-electron chi connectivity index (χ4n) is 3.16. The largest absolute Gasteiger partial charge is 0.294 e. The van der Waals surface area contributed by atoms with Crippen LogP contribution in [0.25, 0.3) is 10.9 Å². The molecule has 4 aromatic rings. The van der Waals surface area contributed by atoms with E-state index in [1.165, 1.54) is 29.2 Å². The van der Waals surface area contributed by atoms with Crippen LogP contribution >= 0.6 is 11.6 Å². The van der Waals surface area contributed by atoms with Gasteiger partial charge >= 0.3 is 0 Å². The van der Waals surface area contributed by atoms with Gasteiger partial charge in [-0.05, 0) is 47.4 Å². The van der Waals surface area contributed by atoms with Gasteiger partial charge in [-0.25, -0.2) is 18.4 Å². The fraction of sp³-hybridized carbons (Fsp3) is 0.125. The second-order valence-electron chi connectivity index (χ2n) is 7.29. The summed E-state index contributed by atoms with van der Waals surface area (Å²) < 4.78 is 24.7. The minimum absolute atomic E-state index is 0.220. The molecule has 0 amide bonds. The molecule has 6 nitrogen and oxygen atoms in total. The van der Waals surface area contributed by atoms with Gasteiger partial charge in [0.15, 0.2) is 9.84 Å². The molecule has 0 saturated carbocycles. The number of halogens is 1. The average Bonchev–Trinajstić information content (AvgIpc) is 2.76. The maximum atomic E-state index is 13.0. The van der Waals surface area contributed by atoms with Gasteiger partial charge in [0.2, 0.25) is 0 Å². The minimum atomic E-state index is -3.27. The summed E-state index contributed by atoms with van der Waals surface area (Å²) in [5.41, 5.74) is 2.53. The second-order valence-corrected chi connectivity index (χ2v) is 9.74. The maximum Gasteiger partial charge on any atom is 0.261 e. The lowest BCUT2D eigenvalue weighted by Gasteiger charge is -2.07. The van der Waals surface area contributed by atoms with Crippen LogP contribution in [0.2, 0.25) is 5.02 Å². The number of rotatable bonds is 4. The van der Waals surface area contributed by atoms with Crippen molar-refractivity contribution in [3.8, 4) is 11.8 Å². The van der Waals surface area contributed by atoms with Crippen molar-refractivity contribution in [2.45, 2.75) is 17.9 Å². The molecule has 0 aliphatic carbocycles. The Morgan fingerprint density at radius 3 is 2.53 bits per heavy atom. The summed E-state index contributed by atoms with van der Waals surface area (Å²) in [6, 6.07) is 15.5. The third-order valence-electron chi connectivity index (χ3n) is 4.81. The lowest BCUT2D eigenvalue weighted by molar-refractivity contribution is 0.602. The van der Waals surface area contributed by atoms with E-state index in [2.05, 4.69) is 21.8 Å². The monoisotopic (exact) mass is 463 g/mol. The fourth-order valence-corrected chi connectivity index (χ4v) is 4.01. The lowest BCUT2D eigenvalue weighted by Crippen LogP contribution is -2.21. The molecule has 0 aliphatic heterocycles. The zero-order valence-electron chi connectivity index (χ0n) is 17.1. The Balaban J connectivity index is 1.59. The third kappa shape index (κ3) is 5.05. The van der Waals surface area contributed by atoms with E-state index in [0.29, 0.717) is 28.0 Å². The molecule has 2 aromatic carbocycles. The minimum Gasteiger partial charge on any atom is -0.294 e. The summed E-state index contributed by atoms with van der Waals surface area (Å²) in [7, 11) is -3.27. The van der Waals surface area contributed by atoms with Gasteiger partial charge in [0, 0.05) is 17.7 Å². The van der Waals surface area contributed by atoms with Gasteiger partial charge in [-0.3, -0.25) is 9.36 Å². The molecule has 0 fully saturated rings. The number of hydrogen-bond acceptors (Lipinski definition) is 5. The SMILES string of the molecule is CS(=O)(=O)c1ccc(Cn2cnc3cnc(C#CCc4cccc(Cl)c4)cc3c2=O)cc1. The summed E-state index contributed by atoms with van der Waals surface area (Å²) in [6.07, 6.45) is 4.66. The van der Waals surface area contributed by atoms with E-state index >= 15 is 0 Å². The number of hydrogen-bond donors (Lipinski definition) is 0. The molecule has 0 saturated heterocycles. The van der Waals surface area contributed by atoms with Crippen LogP contribution in [-0.2, 0) is 22.8 Å². The van der Waals surface area contributed by atoms with Crippen molar-refractivity contribution in [2.75, 3.05) is 6.26 Å². The molecule has 0 radical (unpaired) electrons. The zero-order valence-corrected chi connectivity index (χ0v) is 18.7. The molecule has 160 valence electrons. The Bertz CT molecular complexity index is 1530. The number of pyridine rings is 1. The van der Waals surface area contributed by atoms with E-state index in [4.69, 9.17) is 11.6 Å². The first-order chi connectivity index (χ1) is 15.3. The molecule has 0 spiro atoms. The highest BCUT2D eigenvalue weighted by molar-refractivity contribution is 7.90. The van der Waals surface area contributed by atoms with Crippen LogP contribution in [0.5, 0.6) is 0 Å². The molecule has 0 N–H and O–H groups in total. The van der Waals surface area contributed by atoms with Crippen molar-refractivity contribution in [3.05, 3.63) is 99.3 Å². The van der Waals surface area contributed by atoms with Gasteiger partial charge in [0.1, 0.15) is 5.69 Å². The Morgan fingerprint density at radius 2 is 1.81 bits per heavy atom. The summed E-state index contributed by atoms with van der Waals surface area (Å²) in [6.45, 7) is 0.268. The first-order valence-electron chi connectivity index (χ1n) is 9.67.